The Bertz CT molecular complexity index is 1640. The summed E-state index contributed by atoms with van der Waals surface area (Å²) in [6.07, 6.45) is 1.12. The number of para-hydroxylation sites is 2. The number of hydrogen-bond donors (Lipinski definition) is 2. The molecule has 10 nitrogen and oxygen atoms in total. The van der Waals surface area contributed by atoms with Crippen LogP contribution in [-0.4, -0.2) is 57.7 Å². The van der Waals surface area contributed by atoms with E-state index in [0.717, 1.165) is 22.6 Å². The zero-order valence-electron chi connectivity index (χ0n) is 26.4. The normalized spacial score (nSPS) is 16.7. The Morgan fingerprint density at radius 2 is 0.957 bits per heavy atom. The number of carbonyl (C=O) groups excluding carboxylic acids is 2. The van der Waals surface area contributed by atoms with Gasteiger partial charge in [-0.25, -0.2) is 10.0 Å². The van der Waals surface area contributed by atoms with Crippen molar-refractivity contribution in [1.82, 2.24) is 10.0 Å². The van der Waals surface area contributed by atoms with E-state index in [1.807, 2.05) is 72.8 Å². The third kappa shape index (κ3) is 7.82. The van der Waals surface area contributed by atoms with Crippen molar-refractivity contribution >= 4 is 23.2 Å². The van der Waals surface area contributed by atoms with Gasteiger partial charge in [-0.3, -0.25) is 9.59 Å². The topological polar surface area (TPSA) is 124 Å². The second kappa shape index (κ2) is 15.4. The molecule has 0 saturated heterocycles. The molecule has 2 unspecified atom stereocenters. The summed E-state index contributed by atoms with van der Waals surface area (Å²) in [4.78, 5) is 23.9. The van der Waals surface area contributed by atoms with Gasteiger partial charge < -0.3 is 19.7 Å². The maximum absolute atomic E-state index is 11.9. The number of carbonyl (C=O) groups is 2. The van der Waals surface area contributed by atoms with E-state index in [1.165, 1.54) is 23.9 Å². The van der Waals surface area contributed by atoms with E-state index in [9.17, 15) is 19.8 Å². The summed E-state index contributed by atoms with van der Waals surface area (Å²) in [6, 6.07) is 28.9. The third-order valence-electron chi connectivity index (χ3n) is 7.90. The molecule has 0 aromatic heterocycles. The van der Waals surface area contributed by atoms with Gasteiger partial charge in [0, 0.05) is 54.9 Å². The molecule has 47 heavy (non-hydrogen) atoms. The summed E-state index contributed by atoms with van der Waals surface area (Å²) in [5.41, 5.74) is 4.70. The fourth-order valence-corrected chi connectivity index (χ4v) is 5.53. The first-order valence-corrected chi connectivity index (χ1v) is 14.8. The van der Waals surface area contributed by atoms with Crippen molar-refractivity contribution in [3.8, 4) is 23.0 Å². The fourth-order valence-electron chi connectivity index (χ4n) is 5.53. The Morgan fingerprint density at radius 1 is 0.617 bits per heavy atom. The van der Waals surface area contributed by atoms with Crippen molar-refractivity contribution in [2.24, 2.45) is 10.2 Å². The molecule has 0 aliphatic carbocycles. The smallest absolute Gasteiger partial charge is 0.240 e. The van der Waals surface area contributed by atoms with Crippen LogP contribution >= 0.6 is 0 Å². The molecule has 2 atom stereocenters. The van der Waals surface area contributed by atoms with Gasteiger partial charge in [0.15, 0.2) is 0 Å². The minimum absolute atomic E-state index is 0. The van der Waals surface area contributed by atoms with Crippen LogP contribution in [0.4, 0.5) is 0 Å². The number of rotatable bonds is 6. The summed E-state index contributed by atoms with van der Waals surface area (Å²) in [6.45, 7) is 2.99. The van der Waals surface area contributed by atoms with Crippen molar-refractivity contribution in [2.75, 3.05) is 14.2 Å². The van der Waals surface area contributed by atoms with Crippen LogP contribution in [0, 0.1) is 0 Å². The van der Waals surface area contributed by atoms with E-state index < -0.39 is 0 Å². The van der Waals surface area contributed by atoms with E-state index in [1.54, 1.807) is 38.5 Å². The monoisotopic (exact) mass is 683 g/mol. The molecule has 2 amide bonds. The van der Waals surface area contributed by atoms with Gasteiger partial charge in [0.1, 0.15) is 23.0 Å². The molecule has 0 fully saturated rings. The molecule has 247 valence electrons. The molecule has 2 N–H and O–H groups in total. The van der Waals surface area contributed by atoms with E-state index in [2.05, 4.69) is 10.2 Å². The average molecular weight is 684 g/mol. The number of hydrogen-bond acceptors (Lipinski definition) is 8. The number of phenolic OH excluding ortho intramolecular Hbond substituents is 2. The molecular weight excluding hydrogens is 648 g/mol. The van der Waals surface area contributed by atoms with Crippen LogP contribution in [0.1, 0.15) is 61.0 Å². The van der Waals surface area contributed by atoms with Gasteiger partial charge in [-0.1, -0.05) is 48.5 Å². The third-order valence-corrected chi connectivity index (χ3v) is 7.90. The van der Waals surface area contributed by atoms with Crippen LogP contribution in [0.5, 0.6) is 23.0 Å². The van der Waals surface area contributed by atoms with Crippen LogP contribution in [-0.2, 0) is 26.7 Å². The Labute approximate surface area is 284 Å². The van der Waals surface area contributed by atoms with E-state index >= 15 is 0 Å². The Morgan fingerprint density at radius 3 is 1.26 bits per heavy atom. The predicted octanol–water partition coefficient (Wildman–Crippen LogP) is 6.19. The summed E-state index contributed by atoms with van der Waals surface area (Å²) in [7, 11) is 3.23. The molecule has 0 bridgehead atoms. The molecule has 0 saturated carbocycles. The summed E-state index contributed by atoms with van der Waals surface area (Å²) in [5.74, 6) is 1.62. The molecular formula is C36H36CuN4O6. The number of methoxy groups -OCH3 is 2. The van der Waals surface area contributed by atoms with Gasteiger partial charge in [0.25, 0.3) is 0 Å². The number of hydrazone groups is 2. The van der Waals surface area contributed by atoms with E-state index in [-0.39, 0.29) is 52.5 Å². The van der Waals surface area contributed by atoms with Crippen molar-refractivity contribution in [1.29, 1.82) is 0 Å². The van der Waals surface area contributed by atoms with Gasteiger partial charge >= 0.3 is 0 Å². The maximum atomic E-state index is 11.9. The molecule has 11 heteroatoms. The second-order valence-corrected chi connectivity index (χ2v) is 10.8. The first-order chi connectivity index (χ1) is 22.2. The summed E-state index contributed by atoms with van der Waals surface area (Å²) in [5, 5.41) is 31.8. The quantitative estimate of drug-likeness (QED) is 0.234. The maximum Gasteiger partial charge on any atom is 0.240 e. The zero-order valence-corrected chi connectivity index (χ0v) is 27.4. The molecule has 2 aliphatic rings. The minimum Gasteiger partial charge on any atom is -0.507 e. The molecule has 4 aromatic carbocycles. The summed E-state index contributed by atoms with van der Waals surface area (Å²) >= 11 is 0. The minimum atomic E-state index is -0.173. The standard InChI is InChI=1S/2C18H18N2O3.Cu/c2*1-12(21)20-17(13-7-9-14(23-2)10-8-13)11-16(19-20)15-5-3-4-6-18(15)22;/h2*3-10,17,22H,11H2,1-2H3;. The van der Waals surface area contributed by atoms with Crippen molar-refractivity contribution in [3.05, 3.63) is 119 Å². The Hall–Kier alpha value is -5.12. The SMILES string of the molecule is COc1ccc(C2CC(c3ccccc3O)=NN2C(C)=O)cc1.COc1ccc(C2CC(c3ccccc3O)=NN2C(C)=O)cc1.[Cu]. The van der Waals surface area contributed by atoms with Crippen LogP contribution in [0.15, 0.2) is 107 Å². The number of amides is 2. The van der Waals surface area contributed by atoms with Gasteiger partial charge in [-0.15, -0.1) is 0 Å². The first-order valence-electron chi connectivity index (χ1n) is 14.8. The van der Waals surface area contributed by atoms with Crippen LogP contribution in [0.25, 0.3) is 0 Å². The van der Waals surface area contributed by atoms with Crippen LogP contribution in [0.3, 0.4) is 0 Å². The fraction of sp³-hybridized carbons (Fsp3) is 0.222. The van der Waals surface area contributed by atoms with Crippen LogP contribution < -0.4 is 9.47 Å². The number of benzene rings is 4. The Kier molecular flexibility index (Phi) is 11.4. The van der Waals surface area contributed by atoms with Gasteiger partial charge in [-0.2, -0.15) is 10.2 Å². The molecule has 2 heterocycles. The molecule has 6 rings (SSSR count). The van der Waals surface area contributed by atoms with Crippen LogP contribution in [0.2, 0.25) is 0 Å². The van der Waals surface area contributed by atoms with E-state index in [0.29, 0.717) is 35.4 Å². The number of aromatic hydroxyl groups is 2. The molecule has 2 aliphatic heterocycles. The summed E-state index contributed by atoms with van der Waals surface area (Å²) < 4.78 is 10.3. The second-order valence-electron chi connectivity index (χ2n) is 10.8. The molecule has 0 spiro atoms. The van der Waals surface area contributed by atoms with Gasteiger partial charge in [0.2, 0.25) is 11.8 Å². The Balaban J connectivity index is 0.000000208. The zero-order chi connectivity index (χ0) is 32.8. The predicted molar refractivity (Wildman–Crippen MR) is 175 cm³/mol. The number of ether oxygens (including phenoxy) is 2. The van der Waals surface area contributed by atoms with E-state index in [4.69, 9.17) is 9.47 Å². The largest absolute Gasteiger partial charge is 0.507 e. The average Bonchev–Trinajstić information content (AvgIpc) is 3.72. The number of phenols is 2. The van der Waals surface area contributed by atoms with Crippen molar-refractivity contribution in [3.63, 3.8) is 0 Å². The number of nitrogens with zero attached hydrogens (tertiary/aromatic N) is 4. The van der Waals surface area contributed by atoms with Crippen molar-refractivity contribution < 1.29 is 46.3 Å². The molecule has 4 aromatic rings. The van der Waals surface area contributed by atoms with Gasteiger partial charge in [-0.05, 0) is 59.7 Å². The van der Waals surface area contributed by atoms with Crippen molar-refractivity contribution in [2.45, 2.75) is 38.8 Å². The van der Waals surface area contributed by atoms with Gasteiger partial charge in [0.05, 0.1) is 37.7 Å². The first kappa shape index (κ1) is 34.7. The molecule has 1 radical (unpaired) electrons.